The van der Waals surface area contributed by atoms with E-state index in [1.807, 2.05) is 44.2 Å². The van der Waals surface area contributed by atoms with E-state index in [9.17, 15) is 9.59 Å². The highest BCUT2D eigenvalue weighted by molar-refractivity contribution is 5.79. The molecule has 0 spiro atoms. The molecule has 0 saturated carbocycles. The van der Waals surface area contributed by atoms with Gasteiger partial charge in [0, 0.05) is 35.7 Å². The Hall–Kier alpha value is -3.74. The summed E-state index contributed by atoms with van der Waals surface area (Å²) in [4.78, 5) is 23.9. The number of hydrogen-bond acceptors (Lipinski definition) is 6. The van der Waals surface area contributed by atoms with Crippen LogP contribution in [0.1, 0.15) is 25.0 Å². The monoisotopic (exact) mass is 421 g/mol. The molecule has 4 rings (SSSR count). The van der Waals surface area contributed by atoms with Gasteiger partial charge in [0.25, 0.3) is 0 Å². The molecule has 2 aromatic carbocycles. The summed E-state index contributed by atoms with van der Waals surface area (Å²) in [5, 5.41) is 3.41. The van der Waals surface area contributed by atoms with E-state index < -0.39 is 23.4 Å². The number of carbonyl (C=O) groups is 1. The normalized spacial score (nSPS) is 17.1. The Morgan fingerprint density at radius 1 is 1.19 bits per heavy atom. The van der Waals surface area contributed by atoms with Crippen LogP contribution in [0.25, 0.3) is 17.0 Å². The van der Waals surface area contributed by atoms with Gasteiger partial charge in [0.1, 0.15) is 28.8 Å². The number of para-hydroxylation sites is 1. The largest absolute Gasteiger partial charge is 0.496 e. The molecule has 1 N–H and O–H groups in total. The quantitative estimate of drug-likeness (QED) is 0.633. The SMILES string of the molecule is COc1ccccc1/C=C/NC(=O)O[C@H]1Cc2cc3ccc(=O)oc3cc2OC1(C)C. The van der Waals surface area contributed by atoms with E-state index in [1.165, 1.54) is 12.3 Å². The average molecular weight is 421 g/mol. The van der Waals surface area contributed by atoms with Gasteiger partial charge >= 0.3 is 11.7 Å². The lowest BCUT2D eigenvalue weighted by molar-refractivity contribution is -0.0486. The van der Waals surface area contributed by atoms with Crippen molar-refractivity contribution in [1.29, 1.82) is 0 Å². The third kappa shape index (κ3) is 4.40. The number of rotatable bonds is 4. The number of methoxy groups -OCH3 is 1. The van der Waals surface area contributed by atoms with E-state index in [2.05, 4.69) is 5.32 Å². The van der Waals surface area contributed by atoms with Crippen molar-refractivity contribution in [1.82, 2.24) is 5.32 Å². The Labute approximate surface area is 179 Å². The number of hydrogen-bond donors (Lipinski definition) is 1. The van der Waals surface area contributed by atoms with Crippen LogP contribution in [-0.4, -0.2) is 24.9 Å². The van der Waals surface area contributed by atoms with E-state index in [-0.39, 0.29) is 0 Å². The van der Waals surface area contributed by atoms with Crippen molar-refractivity contribution >= 4 is 23.1 Å². The fourth-order valence-corrected chi connectivity index (χ4v) is 3.54. The van der Waals surface area contributed by atoms with E-state index in [4.69, 9.17) is 18.6 Å². The van der Waals surface area contributed by atoms with Gasteiger partial charge in [0.15, 0.2) is 0 Å². The van der Waals surface area contributed by atoms with Crippen LogP contribution in [0.4, 0.5) is 4.79 Å². The molecule has 0 unspecified atom stereocenters. The molecule has 2 heterocycles. The van der Waals surface area contributed by atoms with E-state index in [0.29, 0.717) is 23.5 Å². The molecule has 1 amide bonds. The minimum atomic E-state index is -0.764. The molecule has 31 heavy (non-hydrogen) atoms. The van der Waals surface area contributed by atoms with Gasteiger partial charge in [0.2, 0.25) is 0 Å². The second kappa shape index (κ2) is 8.18. The molecule has 7 heteroatoms. The molecule has 7 nitrogen and oxygen atoms in total. The van der Waals surface area contributed by atoms with Crippen molar-refractivity contribution in [3.05, 3.63) is 76.3 Å². The average Bonchev–Trinajstić information content (AvgIpc) is 2.73. The zero-order chi connectivity index (χ0) is 22.0. The highest BCUT2D eigenvalue weighted by Crippen LogP contribution is 2.37. The summed E-state index contributed by atoms with van der Waals surface area (Å²) in [6.07, 6.45) is 2.63. The van der Waals surface area contributed by atoms with Gasteiger partial charge in [0.05, 0.1) is 7.11 Å². The van der Waals surface area contributed by atoms with E-state index in [1.54, 1.807) is 25.3 Å². The highest BCUT2D eigenvalue weighted by Gasteiger charge is 2.40. The molecule has 0 radical (unpaired) electrons. The third-order valence-electron chi connectivity index (χ3n) is 5.21. The summed E-state index contributed by atoms with van der Waals surface area (Å²) in [5.41, 5.74) is 0.990. The maximum absolute atomic E-state index is 12.4. The first-order valence-electron chi connectivity index (χ1n) is 9.88. The second-order valence-electron chi connectivity index (χ2n) is 7.78. The van der Waals surface area contributed by atoms with Crippen LogP contribution < -0.4 is 20.4 Å². The Morgan fingerprint density at radius 3 is 2.81 bits per heavy atom. The van der Waals surface area contributed by atoms with Crippen LogP contribution in [-0.2, 0) is 11.2 Å². The minimum Gasteiger partial charge on any atom is -0.496 e. The summed E-state index contributed by atoms with van der Waals surface area (Å²) in [6, 6.07) is 14.1. The number of benzene rings is 2. The van der Waals surface area contributed by atoms with Gasteiger partial charge in [-0.2, -0.15) is 0 Å². The van der Waals surface area contributed by atoms with Crippen LogP contribution in [0.15, 0.2) is 63.9 Å². The first kappa shape index (κ1) is 20.5. The molecule has 1 aliphatic rings. The number of alkyl carbamates (subject to hydrolysis) is 1. The van der Waals surface area contributed by atoms with Crippen molar-refractivity contribution < 1.29 is 23.4 Å². The molecule has 0 aliphatic carbocycles. The zero-order valence-electron chi connectivity index (χ0n) is 17.5. The number of nitrogens with one attached hydrogen (secondary N) is 1. The van der Waals surface area contributed by atoms with Crippen molar-refractivity contribution in [2.24, 2.45) is 0 Å². The third-order valence-corrected chi connectivity index (χ3v) is 5.21. The van der Waals surface area contributed by atoms with Crippen LogP contribution in [0.2, 0.25) is 0 Å². The Morgan fingerprint density at radius 2 is 2.00 bits per heavy atom. The fourth-order valence-electron chi connectivity index (χ4n) is 3.54. The number of amides is 1. The molecule has 0 fully saturated rings. The van der Waals surface area contributed by atoms with Crippen LogP contribution in [0, 0.1) is 0 Å². The van der Waals surface area contributed by atoms with Gasteiger partial charge in [-0.15, -0.1) is 0 Å². The smallest absolute Gasteiger partial charge is 0.411 e. The summed E-state index contributed by atoms with van der Waals surface area (Å²) < 4.78 is 22.3. The molecular weight excluding hydrogens is 398 g/mol. The maximum Gasteiger partial charge on any atom is 0.411 e. The second-order valence-corrected chi connectivity index (χ2v) is 7.78. The fraction of sp³-hybridized carbons (Fsp3) is 0.250. The first-order chi connectivity index (χ1) is 14.9. The Balaban J connectivity index is 1.47. The Bertz CT molecular complexity index is 1210. The molecule has 160 valence electrons. The number of carbonyl (C=O) groups excluding carboxylic acids is 1. The lowest BCUT2D eigenvalue weighted by Gasteiger charge is -2.39. The summed E-state index contributed by atoms with van der Waals surface area (Å²) in [5.74, 6) is 1.32. The van der Waals surface area contributed by atoms with Gasteiger partial charge in [-0.25, -0.2) is 9.59 Å². The maximum atomic E-state index is 12.4. The highest BCUT2D eigenvalue weighted by atomic mass is 16.6. The lowest BCUT2D eigenvalue weighted by atomic mass is 9.90. The van der Waals surface area contributed by atoms with E-state index in [0.717, 1.165) is 16.5 Å². The summed E-state index contributed by atoms with van der Waals surface area (Å²) >= 11 is 0. The van der Waals surface area contributed by atoms with Gasteiger partial charge in [-0.3, -0.25) is 5.32 Å². The topological polar surface area (TPSA) is 87.0 Å². The summed E-state index contributed by atoms with van der Waals surface area (Å²) in [7, 11) is 1.59. The van der Waals surface area contributed by atoms with Crippen LogP contribution >= 0.6 is 0 Å². The van der Waals surface area contributed by atoms with Crippen molar-refractivity contribution in [2.45, 2.75) is 32.0 Å². The van der Waals surface area contributed by atoms with Crippen LogP contribution in [0.5, 0.6) is 11.5 Å². The van der Waals surface area contributed by atoms with Crippen molar-refractivity contribution in [2.75, 3.05) is 7.11 Å². The Kier molecular flexibility index (Phi) is 5.42. The standard InChI is InChI=1S/C24H23NO6/c1-24(2)21(30-23(27)25-11-10-15-6-4-5-7-18(15)28-3)13-17-12-16-8-9-22(26)29-19(16)14-20(17)31-24/h4-12,14,21H,13H2,1-3H3,(H,25,27)/b11-10+/t21-/m0/s1. The number of fused-ring (bicyclic) bond motifs is 2. The molecule has 0 bridgehead atoms. The molecule has 1 atom stereocenters. The molecular formula is C24H23NO6. The number of ether oxygens (including phenoxy) is 3. The first-order valence-corrected chi connectivity index (χ1v) is 9.88. The van der Waals surface area contributed by atoms with Gasteiger partial charge < -0.3 is 18.6 Å². The lowest BCUT2D eigenvalue weighted by Crippen LogP contribution is -2.49. The van der Waals surface area contributed by atoms with Gasteiger partial charge in [-0.05, 0) is 43.7 Å². The van der Waals surface area contributed by atoms with Gasteiger partial charge in [-0.1, -0.05) is 18.2 Å². The molecule has 1 aromatic heterocycles. The summed E-state index contributed by atoms with van der Waals surface area (Å²) in [6.45, 7) is 3.70. The zero-order valence-corrected chi connectivity index (χ0v) is 17.5. The van der Waals surface area contributed by atoms with E-state index >= 15 is 0 Å². The molecule has 1 aliphatic heterocycles. The predicted molar refractivity (Wildman–Crippen MR) is 116 cm³/mol. The van der Waals surface area contributed by atoms with Crippen molar-refractivity contribution in [3.8, 4) is 11.5 Å². The van der Waals surface area contributed by atoms with Crippen molar-refractivity contribution in [3.63, 3.8) is 0 Å². The van der Waals surface area contributed by atoms with Crippen LogP contribution in [0.3, 0.4) is 0 Å². The minimum absolute atomic E-state index is 0.415. The molecule has 0 saturated heterocycles. The predicted octanol–water partition coefficient (Wildman–Crippen LogP) is 4.28. The molecule has 3 aromatic rings.